The molecule has 0 bridgehead atoms. The van der Waals surface area contributed by atoms with E-state index < -0.39 is 5.97 Å². The van der Waals surface area contributed by atoms with Crippen molar-refractivity contribution in [3.8, 4) is 5.75 Å². The molecular weight excluding hydrogens is 356 g/mol. The lowest BCUT2D eigenvalue weighted by molar-refractivity contribution is -0.135. The highest BCUT2D eigenvalue weighted by Crippen LogP contribution is 2.33. The number of aliphatic carboxylic acids is 1. The van der Waals surface area contributed by atoms with Gasteiger partial charge in [0.25, 0.3) is 0 Å². The van der Waals surface area contributed by atoms with E-state index in [2.05, 4.69) is 0 Å². The molecule has 148 valence electrons. The Morgan fingerprint density at radius 3 is 2.46 bits per heavy atom. The van der Waals surface area contributed by atoms with Crippen molar-refractivity contribution in [2.75, 3.05) is 31.1 Å². The summed E-state index contributed by atoms with van der Waals surface area (Å²) in [5, 5.41) is 9.24. The third-order valence-corrected chi connectivity index (χ3v) is 4.92. The molecule has 2 aromatic carbocycles. The first kappa shape index (κ1) is 19.7. The van der Waals surface area contributed by atoms with Crippen LogP contribution in [0.3, 0.4) is 0 Å². The molecule has 0 aromatic heterocycles. The zero-order valence-corrected chi connectivity index (χ0v) is 16.1. The summed E-state index contributed by atoms with van der Waals surface area (Å²) in [5.74, 6) is -0.193. The van der Waals surface area contributed by atoms with E-state index in [-0.39, 0.29) is 25.0 Å². The molecule has 6 nitrogen and oxygen atoms in total. The number of likely N-dealkylation sites (tertiary alicyclic amines) is 1. The number of ether oxygens (including phenoxy) is 1. The molecule has 1 fully saturated rings. The van der Waals surface area contributed by atoms with E-state index in [1.807, 2.05) is 66.4 Å². The van der Waals surface area contributed by atoms with E-state index in [0.29, 0.717) is 13.2 Å². The fourth-order valence-electron chi connectivity index (χ4n) is 3.66. The number of nitrogens with zero attached hydrogens (tertiary/aromatic N) is 2. The molecule has 1 atom stereocenters. The second-order valence-corrected chi connectivity index (χ2v) is 6.83. The lowest BCUT2D eigenvalue weighted by Gasteiger charge is -2.29. The van der Waals surface area contributed by atoms with E-state index in [4.69, 9.17) is 4.74 Å². The molecule has 28 heavy (non-hydrogen) atoms. The summed E-state index contributed by atoms with van der Waals surface area (Å²) in [7, 11) is 0. The van der Waals surface area contributed by atoms with Crippen molar-refractivity contribution in [3.63, 3.8) is 0 Å². The second kappa shape index (κ2) is 9.26. The van der Waals surface area contributed by atoms with Gasteiger partial charge in [-0.05, 0) is 49.6 Å². The van der Waals surface area contributed by atoms with Crippen LogP contribution in [0.5, 0.6) is 5.75 Å². The minimum atomic E-state index is -0.957. The van der Waals surface area contributed by atoms with Crippen molar-refractivity contribution in [3.05, 3.63) is 60.2 Å². The summed E-state index contributed by atoms with van der Waals surface area (Å²) in [6, 6.07) is 17.1. The first-order valence-corrected chi connectivity index (χ1v) is 9.62. The number of carbonyl (C=O) groups is 2. The average molecular weight is 382 g/mol. The van der Waals surface area contributed by atoms with Crippen molar-refractivity contribution in [1.82, 2.24) is 4.90 Å². The predicted octanol–water partition coefficient (Wildman–Crippen LogP) is 3.34. The van der Waals surface area contributed by atoms with Crippen LogP contribution in [-0.4, -0.2) is 48.1 Å². The van der Waals surface area contributed by atoms with Crippen LogP contribution in [0, 0.1) is 0 Å². The minimum Gasteiger partial charge on any atom is -0.494 e. The molecule has 1 unspecified atom stereocenters. The van der Waals surface area contributed by atoms with Gasteiger partial charge in [-0.1, -0.05) is 30.3 Å². The summed E-state index contributed by atoms with van der Waals surface area (Å²) in [6.45, 7) is 3.08. The molecule has 0 saturated carbocycles. The number of hydrogen-bond acceptors (Lipinski definition) is 4. The number of hydrogen-bond donors (Lipinski definition) is 1. The van der Waals surface area contributed by atoms with Gasteiger partial charge in [-0.25, -0.2) is 0 Å². The average Bonchev–Trinajstić information content (AvgIpc) is 3.19. The fraction of sp³-hybridized carbons (Fsp3) is 0.364. The molecule has 3 rings (SSSR count). The van der Waals surface area contributed by atoms with Crippen molar-refractivity contribution < 1.29 is 19.4 Å². The molecule has 0 radical (unpaired) electrons. The first-order valence-electron chi connectivity index (χ1n) is 9.62. The van der Waals surface area contributed by atoms with Gasteiger partial charge < -0.3 is 19.6 Å². The molecule has 1 saturated heterocycles. The Bertz CT molecular complexity index is 792. The predicted molar refractivity (Wildman–Crippen MR) is 108 cm³/mol. The molecule has 0 aliphatic carbocycles. The van der Waals surface area contributed by atoms with Crippen molar-refractivity contribution >= 4 is 17.6 Å². The van der Waals surface area contributed by atoms with Gasteiger partial charge in [0, 0.05) is 12.2 Å². The molecule has 0 spiro atoms. The third-order valence-electron chi connectivity index (χ3n) is 4.92. The summed E-state index contributed by atoms with van der Waals surface area (Å²) >= 11 is 0. The number of para-hydroxylation sites is 1. The van der Waals surface area contributed by atoms with Crippen LogP contribution in [0.1, 0.15) is 31.4 Å². The second-order valence-electron chi connectivity index (χ2n) is 6.83. The van der Waals surface area contributed by atoms with Crippen LogP contribution in [0.15, 0.2) is 54.6 Å². The molecule has 1 N–H and O–H groups in total. The van der Waals surface area contributed by atoms with Gasteiger partial charge in [0.15, 0.2) is 0 Å². The largest absolute Gasteiger partial charge is 0.494 e. The molecule has 1 aliphatic heterocycles. The zero-order valence-electron chi connectivity index (χ0n) is 16.1. The number of carbonyl (C=O) groups excluding carboxylic acids is 1. The van der Waals surface area contributed by atoms with E-state index in [1.165, 1.54) is 0 Å². The number of amides is 1. The molecule has 1 heterocycles. The van der Waals surface area contributed by atoms with Gasteiger partial charge in [0.05, 0.1) is 19.2 Å². The van der Waals surface area contributed by atoms with Crippen molar-refractivity contribution in [2.45, 2.75) is 25.8 Å². The molecule has 1 aliphatic rings. The summed E-state index contributed by atoms with van der Waals surface area (Å²) < 4.78 is 5.49. The van der Waals surface area contributed by atoms with Gasteiger partial charge >= 0.3 is 5.97 Å². The number of carboxylic acids is 1. The van der Waals surface area contributed by atoms with Crippen LogP contribution < -0.4 is 9.64 Å². The lowest BCUT2D eigenvalue weighted by atomic mass is 10.0. The molecule has 1 amide bonds. The standard InChI is InChI=1S/C22H26N2O4/c1-2-28-19-12-10-17(11-13-19)20-9-6-14-24(20)21(25)15-23(16-22(26)27)18-7-4-3-5-8-18/h3-5,7-8,10-13,20H,2,6,9,14-16H2,1H3,(H,26,27). The SMILES string of the molecule is CCOc1ccc(C2CCCN2C(=O)CN(CC(=O)O)c2ccccc2)cc1. The maximum absolute atomic E-state index is 13.0. The van der Waals surface area contributed by atoms with E-state index in [9.17, 15) is 14.7 Å². The van der Waals surface area contributed by atoms with Crippen LogP contribution >= 0.6 is 0 Å². The highest BCUT2D eigenvalue weighted by atomic mass is 16.5. The Balaban J connectivity index is 1.73. The van der Waals surface area contributed by atoms with Crippen LogP contribution in [-0.2, 0) is 9.59 Å². The first-order chi connectivity index (χ1) is 13.6. The smallest absolute Gasteiger partial charge is 0.323 e. The summed E-state index contributed by atoms with van der Waals surface area (Å²) in [4.78, 5) is 27.8. The Morgan fingerprint density at radius 2 is 1.82 bits per heavy atom. The van der Waals surface area contributed by atoms with E-state index in [0.717, 1.165) is 29.8 Å². The van der Waals surface area contributed by atoms with E-state index in [1.54, 1.807) is 4.90 Å². The maximum Gasteiger partial charge on any atom is 0.323 e. The maximum atomic E-state index is 13.0. The van der Waals surface area contributed by atoms with Gasteiger partial charge in [-0.15, -0.1) is 0 Å². The van der Waals surface area contributed by atoms with Crippen LogP contribution in [0.4, 0.5) is 5.69 Å². The monoisotopic (exact) mass is 382 g/mol. The van der Waals surface area contributed by atoms with Gasteiger partial charge in [-0.3, -0.25) is 9.59 Å². The quantitative estimate of drug-likeness (QED) is 0.758. The lowest BCUT2D eigenvalue weighted by Crippen LogP contribution is -2.42. The van der Waals surface area contributed by atoms with Gasteiger partial charge in [-0.2, -0.15) is 0 Å². The minimum absolute atomic E-state index is 0.0191. The van der Waals surface area contributed by atoms with Crippen molar-refractivity contribution in [1.29, 1.82) is 0 Å². The summed E-state index contributed by atoms with van der Waals surface area (Å²) in [6.07, 6.45) is 1.85. The van der Waals surface area contributed by atoms with Crippen LogP contribution in [0.2, 0.25) is 0 Å². The van der Waals surface area contributed by atoms with E-state index >= 15 is 0 Å². The highest BCUT2D eigenvalue weighted by Gasteiger charge is 2.31. The number of benzene rings is 2. The Kier molecular flexibility index (Phi) is 6.53. The normalized spacial score (nSPS) is 16.0. The number of carboxylic acid groups (broad SMARTS) is 1. The third kappa shape index (κ3) is 4.82. The van der Waals surface area contributed by atoms with Crippen molar-refractivity contribution in [2.24, 2.45) is 0 Å². The summed E-state index contributed by atoms with van der Waals surface area (Å²) in [5.41, 5.74) is 1.81. The number of rotatable bonds is 8. The Labute approximate surface area is 165 Å². The van der Waals surface area contributed by atoms with Crippen LogP contribution in [0.25, 0.3) is 0 Å². The number of anilines is 1. The molecule has 6 heteroatoms. The molecular formula is C22H26N2O4. The molecule has 2 aromatic rings. The fourth-order valence-corrected chi connectivity index (χ4v) is 3.66. The Hall–Kier alpha value is -3.02. The Morgan fingerprint density at radius 1 is 1.11 bits per heavy atom. The topological polar surface area (TPSA) is 70.1 Å². The highest BCUT2D eigenvalue weighted by molar-refractivity contribution is 5.84. The van der Waals surface area contributed by atoms with Gasteiger partial charge in [0.1, 0.15) is 12.3 Å². The van der Waals surface area contributed by atoms with Gasteiger partial charge in [0.2, 0.25) is 5.91 Å². The zero-order chi connectivity index (χ0) is 19.9.